The zero-order valence-electron chi connectivity index (χ0n) is 24.0. The molecule has 216 valence electrons. The molecule has 0 aliphatic heterocycles. The third-order valence-corrected chi connectivity index (χ3v) is 6.75. The summed E-state index contributed by atoms with van der Waals surface area (Å²) in [5.41, 5.74) is 4.67. The van der Waals surface area contributed by atoms with E-state index in [1.54, 1.807) is 12.1 Å². The van der Waals surface area contributed by atoms with Crippen LogP contribution in [0.5, 0.6) is 0 Å². The lowest BCUT2D eigenvalue weighted by Gasteiger charge is -2.21. The first-order chi connectivity index (χ1) is 20.4. The molecule has 0 unspecified atom stereocenters. The number of hydrogen-bond donors (Lipinski definition) is 3. The summed E-state index contributed by atoms with van der Waals surface area (Å²) in [6, 6.07) is 33.3. The number of benzene rings is 4. The summed E-state index contributed by atoms with van der Waals surface area (Å²) in [5.74, 6) is -0.366. The van der Waals surface area contributed by atoms with Gasteiger partial charge in [-0.1, -0.05) is 117 Å². The number of nitrogens with one attached hydrogen (secondary N) is 3. The standard InChI is InChI=1S/C35H37N3O4/c1-25(2)21-32(34(40)36-22-26-13-5-3-6-14-26)38-33(39)31-20-12-11-19-30(31)29-18-10-9-17-28(29)23-37-35(41)42-24-27-15-7-4-8-16-27/h3-20,25,32H,21-24H2,1-2H3,(H,36,40)(H,37,41)(H,38,39)/t32-/m0/s1. The van der Waals surface area contributed by atoms with Gasteiger partial charge in [0.25, 0.3) is 5.91 Å². The van der Waals surface area contributed by atoms with E-state index in [2.05, 4.69) is 16.0 Å². The maximum atomic E-state index is 13.6. The zero-order valence-corrected chi connectivity index (χ0v) is 24.0. The molecule has 0 heterocycles. The van der Waals surface area contributed by atoms with E-state index in [0.29, 0.717) is 24.1 Å². The smallest absolute Gasteiger partial charge is 0.407 e. The van der Waals surface area contributed by atoms with Gasteiger partial charge in [-0.2, -0.15) is 0 Å². The van der Waals surface area contributed by atoms with Gasteiger partial charge < -0.3 is 20.7 Å². The fourth-order valence-electron chi connectivity index (χ4n) is 4.64. The number of rotatable bonds is 12. The Balaban J connectivity index is 1.46. The Morgan fingerprint density at radius 2 is 1.26 bits per heavy atom. The Hall–Kier alpha value is -4.91. The highest BCUT2D eigenvalue weighted by Gasteiger charge is 2.24. The highest BCUT2D eigenvalue weighted by atomic mass is 16.5. The quantitative estimate of drug-likeness (QED) is 0.190. The average Bonchev–Trinajstić information content (AvgIpc) is 3.02. The van der Waals surface area contributed by atoms with Crippen molar-refractivity contribution in [3.8, 4) is 11.1 Å². The van der Waals surface area contributed by atoms with Gasteiger partial charge in [0.2, 0.25) is 5.91 Å². The molecule has 3 amide bonds. The summed E-state index contributed by atoms with van der Waals surface area (Å²) in [7, 11) is 0. The van der Waals surface area contributed by atoms with Gasteiger partial charge in [-0.15, -0.1) is 0 Å². The lowest BCUT2D eigenvalue weighted by atomic mass is 9.94. The molecule has 3 N–H and O–H groups in total. The van der Waals surface area contributed by atoms with Crippen molar-refractivity contribution >= 4 is 17.9 Å². The third-order valence-electron chi connectivity index (χ3n) is 6.75. The van der Waals surface area contributed by atoms with Gasteiger partial charge in [0.1, 0.15) is 12.6 Å². The van der Waals surface area contributed by atoms with Crippen molar-refractivity contribution in [2.24, 2.45) is 5.92 Å². The van der Waals surface area contributed by atoms with Crippen LogP contribution in [-0.2, 0) is 29.2 Å². The summed E-state index contributed by atoms with van der Waals surface area (Å²) in [6.45, 7) is 4.82. The SMILES string of the molecule is CC(C)C[C@H](NC(=O)c1ccccc1-c1ccccc1CNC(=O)OCc1ccccc1)C(=O)NCc1ccccc1. The molecule has 0 spiro atoms. The van der Waals surface area contributed by atoms with Crippen LogP contribution >= 0.6 is 0 Å². The highest BCUT2D eigenvalue weighted by Crippen LogP contribution is 2.27. The van der Waals surface area contributed by atoms with Crippen molar-refractivity contribution in [2.45, 2.75) is 46.0 Å². The first kappa shape index (κ1) is 30.1. The van der Waals surface area contributed by atoms with Crippen molar-refractivity contribution < 1.29 is 19.1 Å². The van der Waals surface area contributed by atoms with Crippen LogP contribution < -0.4 is 16.0 Å². The van der Waals surface area contributed by atoms with Crippen LogP contribution in [0.4, 0.5) is 4.79 Å². The molecule has 42 heavy (non-hydrogen) atoms. The first-order valence-electron chi connectivity index (χ1n) is 14.1. The summed E-state index contributed by atoms with van der Waals surface area (Å²) < 4.78 is 5.35. The van der Waals surface area contributed by atoms with Gasteiger partial charge in [0, 0.05) is 18.7 Å². The number of carbonyl (C=O) groups excluding carboxylic acids is 3. The topological polar surface area (TPSA) is 96.5 Å². The molecular formula is C35H37N3O4. The summed E-state index contributed by atoms with van der Waals surface area (Å²) in [4.78, 5) is 39.2. The third kappa shape index (κ3) is 8.80. The van der Waals surface area contributed by atoms with E-state index >= 15 is 0 Å². The molecular weight excluding hydrogens is 526 g/mol. The monoisotopic (exact) mass is 563 g/mol. The minimum absolute atomic E-state index is 0.174. The minimum Gasteiger partial charge on any atom is -0.445 e. The fraction of sp³-hybridized carbons (Fsp3) is 0.229. The van der Waals surface area contributed by atoms with E-state index in [1.165, 1.54) is 0 Å². The predicted octanol–water partition coefficient (Wildman–Crippen LogP) is 6.24. The minimum atomic E-state index is -0.689. The molecule has 0 fully saturated rings. The normalized spacial score (nSPS) is 11.4. The number of alkyl carbamates (subject to hydrolysis) is 1. The van der Waals surface area contributed by atoms with Crippen molar-refractivity contribution in [2.75, 3.05) is 0 Å². The maximum Gasteiger partial charge on any atom is 0.407 e. The summed E-state index contributed by atoms with van der Waals surface area (Å²) in [5, 5.41) is 8.74. The molecule has 0 saturated heterocycles. The first-order valence-corrected chi connectivity index (χ1v) is 14.1. The molecule has 7 heteroatoms. The zero-order chi connectivity index (χ0) is 29.7. The molecule has 0 aliphatic carbocycles. The van der Waals surface area contributed by atoms with Gasteiger partial charge in [-0.3, -0.25) is 9.59 Å². The Bertz CT molecular complexity index is 1470. The molecule has 0 saturated carbocycles. The van der Waals surface area contributed by atoms with Crippen LogP contribution in [-0.4, -0.2) is 23.9 Å². The van der Waals surface area contributed by atoms with Gasteiger partial charge in [-0.05, 0) is 46.2 Å². The van der Waals surface area contributed by atoms with Gasteiger partial charge in [-0.25, -0.2) is 4.79 Å². The Morgan fingerprint density at radius 3 is 1.95 bits per heavy atom. The van der Waals surface area contributed by atoms with Gasteiger partial charge in [0.15, 0.2) is 0 Å². The van der Waals surface area contributed by atoms with Gasteiger partial charge >= 0.3 is 6.09 Å². The maximum absolute atomic E-state index is 13.6. The second kappa shape index (κ2) is 15.2. The van der Waals surface area contributed by atoms with Crippen molar-refractivity contribution in [3.63, 3.8) is 0 Å². The van der Waals surface area contributed by atoms with E-state index in [-0.39, 0.29) is 30.9 Å². The molecule has 0 radical (unpaired) electrons. The van der Waals surface area contributed by atoms with Crippen LogP contribution in [0.1, 0.15) is 47.3 Å². The number of hydrogen-bond acceptors (Lipinski definition) is 4. The largest absolute Gasteiger partial charge is 0.445 e. The molecule has 4 rings (SSSR count). The summed E-state index contributed by atoms with van der Waals surface area (Å²) >= 11 is 0. The van der Waals surface area contributed by atoms with E-state index in [1.807, 2.05) is 111 Å². The van der Waals surface area contributed by atoms with Crippen LogP contribution in [0.15, 0.2) is 109 Å². The number of ether oxygens (including phenoxy) is 1. The molecule has 7 nitrogen and oxygen atoms in total. The van der Waals surface area contributed by atoms with Crippen LogP contribution in [0.2, 0.25) is 0 Å². The number of carbonyl (C=O) groups is 3. The Kier molecular flexibility index (Phi) is 10.9. The van der Waals surface area contributed by atoms with E-state index in [0.717, 1.165) is 22.3 Å². The van der Waals surface area contributed by atoms with E-state index < -0.39 is 12.1 Å². The average molecular weight is 564 g/mol. The number of amides is 3. The molecule has 0 bridgehead atoms. The molecule has 1 atom stereocenters. The predicted molar refractivity (Wildman–Crippen MR) is 164 cm³/mol. The van der Waals surface area contributed by atoms with E-state index in [9.17, 15) is 14.4 Å². The lowest BCUT2D eigenvalue weighted by molar-refractivity contribution is -0.123. The van der Waals surface area contributed by atoms with Crippen molar-refractivity contribution in [3.05, 3.63) is 131 Å². The van der Waals surface area contributed by atoms with E-state index in [4.69, 9.17) is 4.74 Å². The fourth-order valence-corrected chi connectivity index (χ4v) is 4.64. The molecule has 0 aliphatic rings. The van der Waals surface area contributed by atoms with Crippen molar-refractivity contribution in [1.29, 1.82) is 0 Å². The molecule has 4 aromatic rings. The summed E-state index contributed by atoms with van der Waals surface area (Å²) in [6.07, 6.45) is -0.0298. The molecule has 0 aromatic heterocycles. The second-order valence-corrected chi connectivity index (χ2v) is 10.5. The van der Waals surface area contributed by atoms with Crippen LogP contribution in [0.25, 0.3) is 11.1 Å². The van der Waals surface area contributed by atoms with Crippen LogP contribution in [0, 0.1) is 5.92 Å². The highest BCUT2D eigenvalue weighted by molar-refractivity contribution is 6.03. The van der Waals surface area contributed by atoms with Crippen molar-refractivity contribution in [1.82, 2.24) is 16.0 Å². The Morgan fingerprint density at radius 1 is 0.667 bits per heavy atom. The molecule has 4 aromatic carbocycles. The van der Waals surface area contributed by atoms with Crippen LogP contribution in [0.3, 0.4) is 0 Å². The second-order valence-electron chi connectivity index (χ2n) is 10.5. The Labute approximate surface area is 247 Å². The van der Waals surface area contributed by atoms with Gasteiger partial charge in [0.05, 0.1) is 0 Å². The lowest BCUT2D eigenvalue weighted by Crippen LogP contribution is -2.47.